The molecule has 0 saturated carbocycles. The van der Waals surface area contributed by atoms with Crippen LogP contribution in [0.1, 0.15) is 10.4 Å². The van der Waals surface area contributed by atoms with Crippen LogP contribution in [0.25, 0.3) is 0 Å². The SMILES string of the molecule is CNS(=O)(=O)CCNC(=O)c1ccc(Br)c(N)c1. The van der Waals surface area contributed by atoms with E-state index < -0.39 is 10.0 Å². The molecule has 6 nitrogen and oxygen atoms in total. The number of halogens is 1. The first-order valence-corrected chi connectivity index (χ1v) is 7.54. The fourth-order valence-electron chi connectivity index (χ4n) is 1.19. The van der Waals surface area contributed by atoms with Gasteiger partial charge in [0.15, 0.2) is 0 Å². The van der Waals surface area contributed by atoms with Crippen LogP contribution in [0.15, 0.2) is 22.7 Å². The van der Waals surface area contributed by atoms with Gasteiger partial charge in [0, 0.05) is 22.3 Å². The maximum absolute atomic E-state index is 11.7. The van der Waals surface area contributed by atoms with Crippen LogP contribution in [-0.4, -0.2) is 33.7 Å². The zero-order valence-electron chi connectivity index (χ0n) is 9.73. The summed E-state index contributed by atoms with van der Waals surface area (Å²) in [5, 5.41) is 2.51. The molecule has 0 aliphatic carbocycles. The number of carbonyl (C=O) groups excluding carboxylic acids is 1. The summed E-state index contributed by atoms with van der Waals surface area (Å²) >= 11 is 3.22. The quantitative estimate of drug-likeness (QED) is 0.674. The molecule has 1 amide bonds. The minimum absolute atomic E-state index is 0.0397. The molecular formula is C10H14BrN3O3S. The smallest absolute Gasteiger partial charge is 0.251 e. The number of hydrogen-bond donors (Lipinski definition) is 3. The molecule has 0 saturated heterocycles. The molecule has 100 valence electrons. The van der Waals surface area contributed by atoms with Crippen molar-refractivity contribution in [3.63, 3.8) is 0 Å². The van der Waals surface area contributed by atoms with E-state index in [2.05, 4.69) is 26.0 Å². The molecule has 4 N–H and O–H groups in total. The zero-order valence-corrected chi connectivity index (χ0v) is 12.1. The van der Waals surface area contributed by atoms with Gasteiger partial charge in [0.1, 0.15) is 0 Å². The van der Waals surface area contributed by atoms with Crippen molar-refractivity contribution in [3.05, 3.63) is 28.2 Å². The van der Waals surface area contributed by atoms with E-state index in [1.54, 1.807) is 12.1 Å². The second kappa shape index (κ2) is 6.17. The standard InChI is InChI=1S/C10H14BrN3O3S/c1-13-18(16,17)5-4-14-10(15)7-2-3-8(11)9(12)6-7/h2-3,6,13H,4-5,12H2,1H3,(H,14,15). The van der Waals surface area contributed by atoms with Gasteiger partial charge in [-0.2, -0.15) is 0 Å². The Morgan fingerprint density at radius 3 is 2.67 bits per heavy atom. The maximum atomic E-state index is 11.7. The lowest BCUT2D eigenvalue weighted by Gasteiger charge is -2.07. The molecule has 0 spiro atoms. The number of nitrogens with one attached hydrogen (secondary N) is 2. The summed E-state index contributed by atoms with van der Waals surface area (Å²) in [6.07, 6.45) is 0. The molecule has 1 aromatic rings. The first-order valence-electron chi connectivity index (χ1n) is 5.10. The topological polar surface area (TPSA) is 101 Å². The van der Waals surface area contributed by atoms with Gasteiger partial charge in [-0.15, -0.1) is 0 Å². The number of nitrogen functional groups attached to an aromatic ring is 1. The third-order valence-electron chi connectivity index (χ3n) is 2.23. The Hall–Kier alpha value is -1.12. The van der Waals surface area contributed by atoms with Crippen LogP contribution in [0, 0.1) is 0 Å². The number of hydrogen-bond acceptors (Lipinski definition) is 4. The largest absolute Gasteiger partial charge is 0.398 e. The highest BCUT2D eigenvalue weighted by molar-refractivity contribution is 9.10. The average molecular weight is 336 g/mol. The molecule has 0 aliphatic rings. The monoisotopic (exact) mass is 335 g/mol. The number of nitrogens with two attached hydrogens (primary N) is 1. The summed E-state index contributed by atoms with van der Waals surface area (Å²) in [6, 6.07) is 4.78. The van der Waals surface area contributed by atoms with E-state index in [9.17, 15) is 13.2 Å². The van der Waals surface area contributed by atoms with Crippen molar-refractivity contribution in [2.24, 2.45) is 0 Å². The first-order chi connectivity index (χ1) is 8.35. The molecule has 1 aromatic carbocycles. The molecule has 18 heavy (non-hydrogen) atoms. The number of anilines is 1. The normalized spacial score (nSPS) is 11.2. The van der Waals surface area contributed by atoms with Crippen molar-refractivity contribution >= 4 is 37.5 Å². The number of benzene rings is 1. The van der Waals surface area contributed by atoms with Crippen LogP contribution >= 0.6 is 15.9 Å². The number of sulfonamides is 1. The number of amides is 1. The van der Waals surface area contributed by atoms with E-state index >= 15 is 0 Å². The zero-order chi connectivity index (χ0) is 13.8. The summed E-state index contributed by atoms with van der Waals surface area (Å²) in [5.41, 5.74) is 6.48. The second-order valence-electron chi connectivity index (χ2n) is 3.52. The first kappa shape index (κ1) is 14.9. The van der Waals surface area contributed by atoms with Gasteiger partial charge in [0.25, 0.3) is 5.91 Å². The van der Waals surface area contributed by atoms with Gasteiger partial charge in [-0.3, -0.25) is 4.79 Å². The molecule has 0 aliphatic heterocycles. The fraction of sp³-hybridized carbons (Fsp3) is 0.300. The van der Waals surface area contributed by atoms with Gasteiger partial charge < -0.3 is 11.1 Å². The van der Waals surface area contributed by atoms with E-state index in [1.807, 2.05) is 0 Å². The molecule has 0 aromatic heterocycles. The van der Waals surface area contributed by atoms with Crippen molar-refractivity contribution < 1.29 is 13.2 Å². The van der Waals surface area contributed by atoms with Crippen LogP contribution in [0.4, 0.5) is 5.69 Å². The second-order valence-corrected chi connectivity index (χ2v) is 6.42. The summed E-state index contributed by atoms with van der Waals surface area (Å²) in [5.74, 6) is -0.526. The van der Waals surface area contributed by atoms with Crippen LogP contribution < -0.4 is 15.8 Å². The fourth-order valence-corrected chi connectivity index (χ4v) is 2.01. The van der Waals surface area contributed by atoms with Crippen LogP contribution in [0.5, 0.6) is 0 Å². The van der Waals surface area contributed by atoms with Crippen molar-refractivity contribution in [1.29, 1.82) is 0 Å². The molecule has 1 rings (SSSR count). The van der Waals surface area contributed by atoms with Crippen molar-refractivity contribution in [2.45, 2.75) is 0 Å². The van der Waals surface area contributed by atoms with E-state index in [0.717, 1.165) is 0 Å². The molecule has 0 fully saturated rings. The minimum Gasteiger partial charge on any atom is -0.398 e. The predicted molar refractivity (Wildman–Crippen MR) is 73.7 cm³/mol. The van der Waals surface area contributed by atoms with Gasteiger partial charge in [-0.1, -0.05) is 0 Å². The molecule has 0 radical (unpaired) electrons. The number of rotatable bonds is 5. The Labute approximate surface area is 114 Å². The minimum atomic E-state index is -3.31. The Balaban J connectivity index is 2.58. The summed E-state index contributed by atoms with van der Waals surface area (Å²) < 4.78 is 25.1. The van der Waals surface area contributed by atoms with Crippen LogP contribution in [-0.2, 0) is 10.0 Å². The highest BCUT2D eigenvalue weighted by Crippen LogP contribution is 2.19. The molecule has 0 bridgehead atoms. The van der Waals surface area contributed by atoms with E-state index in [4.69, 9.17) is 5.73 Å². The Bertz CT molecular complexity index is 545. The summed E-state index contributed by atoms with van der Waals surface area (Å²) in [4.78, 5) is 11.7. The molecular weight excluding hydrogens is 322 g/mol. The third kappa shape index (κ3) is 4.28. The van der Waals surface area contributed by atoms with Crippen LogP contribution in [0.3, 0.4) is 0 Å². The van der Waals surface area contributed by atoms with Gasteiger partial charge in [0.05, 0.1) is 5.75 Å². The predicted octanol–water partition coefficient (Wildman–Crippen LogP) is 0.310. The van der Waals surface area contributed by atoms with Crippen molar-refractivity contribution in [1.82, 2.24) is 10.0 Å². The molecule has 0 atom stereocenters. The average Bonchev–Trinajstić information content (AvgIpc) is 2.32. The van der Waals surface area contributed by atoms with Crippen molar-refractivity contribution in [3.8, 4) is 0 Å². The maximum Gasteiger partial charge on any atom is 0.251 e. The lowest BCUT2D eigenvalue weighted by molar-refractivity contribution is 0.0956. The summed E-state index contributed by atoms with van der Waals surface area (Å²) in [6.45, 7) is 0.0397. The van der Waals surface area contributed by atoms with E-state index in [0.29, 0.717) is 15.7 Å². The third-order valence-corrected chi connectivity index (χ3v) is 4.31. The highest BCUT2D eigenvalue weighted by atomic mass is 79.9. The Morgan fingerprint density at radius 1 is 1.44 bits per heavy atom. The van der Waals surface area contributed by atoms with E-state index in [-0.39, 0.29) is 18.2 Å². The van der Waals surface area contributed by atoms with Crippen LogP contribution in [0.2, 0.25) is 0 Å². The van der Waals surface area contributed by atoms with Gasteiger partial charge in [-0.25, -0.2) is 13.1 Å². The lowest BCUT2D eigenvalue weighted by atomic mass is 10.2. The number of carbonyl (C=O) groups is 1. The Kier molecular flexibility index (Phi) is 5.12. The lowest BCUT2D eigenvalue weighted by Crippen LogP contribution is -2.32. The van der Waals surface area contributed by atoms with Crippen molar-refractivity contribution in [2.75, 3.05) is 25.1 Å². The highest BCUT2D eigenvalue weighted by Gasteiger charge is 2.10. The molecule has 0 unspecified atom stereocenters. The molecule has 0 heterocycles. The van der Waals surface area contributed by atoms with Gasteiger partial charge in [0.2, 0.25) is 10.0 Å². The molecule has 8 heteroatoms. The van der Waals surface area contributed by atoms with E-state index in [1.165, 1.54) is 13.1 Å². The van der Waals surface area contributed by atoms with Gasteiger partial charge >= 0.3 is 0 Å². The Morgan fingerprint density at radius 2 is 2.11 bits per heavy atom. The van der Waals surface area contributed by atoms with Gasteiger partial charge in [-0.05, 0) is 41.2 Å². The summed E-state index contributed by atoms with van der Waals surface area (Å²) in [7, 11) is -1.98.